The number of rotatable bonds is 1. The van der Waals surface area contributed by atoms with E-state index in [4.69, 9.17) is 0 Å². The summed E-state index contributed by atoms with van der Waals surface area (Å²) >= 11 is 1.65. The molecular formula is C17H20N4S. The number of hydrogen-bond donors (Lipinski definition) is 0. The Balaban J connectivity index is 1.46. The maximum Gasteiger partial charge on any atom is 0.183 e. The number of piperidine rings is 1. The monoisotopic (exact) mass is 312 g/mol. The summed E-state index contributed by atoms with van der Waals surface area (Å²) in [4.78, 5) is 9.24. The summed E-state index contributed by atoms with van der Waals surface area (Å²) in [5.74, 6) is 3.83. The molecule has 1 fully saturated rings. The van der Waals surface area contributed by atoms with E-state index in [-0.39, 0.29) is 0 Å². The van der Waals surface area contributed by atoms with Crippen molar-refractivity contribution in [3.8, 4) is 0 Å². The Kier molecular flexibility index (Phi) is 3.89. The lowest BCUT2D eigenvalue weighted by molar-refractivity contribution is 0.313. The number of aliphatic imine (C=N–C) groups is 1. The minimum absolute atomic E-state index is 0.677. The van der Waals surface area contributed by atoms with Gasteiger partial charge in [-0.05, 0) is 36.3 Å². The summed E-state index contributed by atoms with van der Waals surface area (Å²) in [7, 11) is 0. The fraction of sp³-hybridized carbons (Fsp3) is 0.412. The molecule has 0 bridgehead atoms. The molecule has 3 aliphatic heterocycles. The van der Waals surface area contributed by atoms with E-state index < -0.39 is 0 Å². The first kappa shape index (κ1) is 13.9. The van der Waals surface area contributed by atoms with E-state index in [0.717, 1.165) is 37.1 Å². The fourth-order valence-corrected chi connectivity index (χ4v) is 4.01. The molecule has 4 rings (SSSR count). The molecule has 3 heterocycles. The van der Waals surface area contributed by atoms with E-state index in [0.29, 0.717) is 5.92 Å². The van der Waals surface area contributed by atoms with Crippen LogP contribution in [-0.2, 0) is 0 Å². The van der Waals surface area contributed by atoms with Crippen LogP contribution in [0.4, 0.5) is 0 Å². The number of nitrogens with zero attached hydrogens (tertiary/aromatic N) is 4. The molecule has 5 heteroatoms. The summed E-state index contributed by atoms with van der Waals surface area (Å²) in [5, 5.41) is 0. The number of likely N-dealkylation sites (tertiary alicyclic amines) is 1. The maximum absolute atomic E-state index is 4.62. The second-order valence-corrected chi connectivity index (χ2v) is 6.71. The zero-order valence-electron chi connectivity index (χ0n) is 12.6. The Hall–Kier alpha value is -1.75. The third kappa shape index (κ3) is 2.65. The standard InChI is InChI=1S/C17H20N4S/c1-2-4-14(5-3-1)15-6-9-20(10-7-15)16-17-19-22-13-12-21(17)11-8-18-16/h1-5,8,11,15H,6-7,9-10,12-13H2. The first-order chi connectivity index (χ1) is 10.9. The molecule has 0 N–H and O–H groups in total. The van der Waals surface area contributed by atoms with Crippen LogP contribution in [0, 0.1) is 0 Å². The van der Waals surface area contributed by atoms with Gasteiger partial charge in [0.05, 0.1) is 0 Å². The van der Waals surface area contributed by atoms with Crippen LogP contribution in [0.25, 0.3) is 0 Å². The molecule has 0 amide bonds. The number of hydrogen-bond acceptors (Lipinski definition) is 5. The van der Waals surface area contributed by atoms with Gasteiger partial charge < -0.3 is 9.80 Å². The van der Waals surface area contributed by atoms with Crippen LogP contribution in [0.2, 0.25) is 0 Å². The first-order valence-corrected chi connectivity index (χ1v) is 8.87. The highest BCUT2D eigenvalue weighted by Crippen LogP contribution is 2.29. The SMILES string of the molecule is C1=CN2CCSN=C2C(N2CCC(c3ccccc3)CC2)=N1. The van der Waals surface area contributed by atoms with Crippen molar-refractivity contribution in [3.63, 3.8) is 0 Å². The molecule has 1 aromatic rings. The number of benzene rings is 1. The second-order valence-electron chi connectivity index (χ2n) is 5.86. The van der Waals surface area contributed by atoms with Gasteiger partial charge in [-0.25, -0.2) is 4.99 Å². The van der Waals surface area contributed by atoms with Gasteiger partial charge in [-0.1, -0.05) is 30.3 Å². The van der Waals surface area contributed by atoms with Gasteiger partial charge in [-0.15, -0.1) is 0 Å². The summed E-state index contributed by atoms with van der Waals surface area (Å²) in [6.45, 7) is 3.15. The van der Waals surface area contributed by atoms with E-state index in [9.17, 15) is 0 Å². The molecule has 3 aliphatic rings. The van der Waals surface area contributed by atoms with Crippen LogP contribution in [-0.4, -0.2) is 46.9 Å². The van der Waals surface area contributed by atoms with Crippen LogP contribution >= 0.6 is 11.9 Å². The molecule has 0 unspecified atom stereocenters. The van der Waals surface area contributed by atoms with Crippen molar-refractivity contribution in [1.82, 2.24) is 9.80 Å². The van der Waals surface area contributed by atoms with Crippen molar-refractivity contribution in [2.24, 2.45) is 9.39 Å². The van der Waals surface area contributed by atoms with Crippen molar-refractivity contribution in [2.45, 2.75) is 18.8 Å². The van der Waals surface area contributed by atoms with E-state index in [1.807, 2.05) is 12.4 Å². The molecule has 0 aromatic heterocycles. The molecule has 1 saturated heterocycles. The lowest BCUT2D eigenvalue weighted by atomic mass is 9.89. The Bertz CT molecular complexity index is 615. The largest absolute Gasteiger partial charge is 0.353 e. The first-order valence-electron chi connectivity index (χ1n) is 7.93. The quantitative estimate of drug-likeness (QED) is 0.747. The van der Waals surface area contributed by atoms with Crippen LogP contribution in [0.3, 0.4) is 0 Å². The predicted octanol–water partition coefficient (Wildman–Crippen LogP) is 3.11. The van der Waals surface area contributed by atoms with Gasteiger partial charge in [0, 0.05) is 37.8 Å². The van der Waals surface area contributed by atoms with Gasteiger partial charge in [0.1, 0.15) is 0 Å². The highest BCUT2D eigenvalue weighted by Gasteiger charge is 2.29. The van der Waals surface area contributed by atoms with Gasteiger partial charge >= 0.3 is 0 Å². The molecule has 22 heavy (non-hydrogen) atoms. The Morgan fingerprint density at radius 2 is 1.82 bits per heavy atom. The molecule has 114 valence electrons. The molecule has 4 nitrogen and oxygen atoms in total. The highest BCUT2D eigenvalue weighted by atomic mass is 32.2. The zero-order valence-corrected chi connectivity index (χ0v) is 13.4. The van der Waals surface area contributed by atoms with Crippen molar-refractivity contribution < 1.29 is 0 Å². The summed E-state index contributed by atoms with van der Waals surface area (Å²) in [6.07, 6.45) is 6.33. The zero-order chi connectivity index (χ0) is 14.8. The highest BCUT2D eigenvalue weighted by molar-refractivity contribution is 7.98. The van der Waals surface area contributed by atoms with Crippen LogP contribution < -0.4 is 0 Å². The van der Waals surface area contributed by atoms with Crippen LogP contribution in [0.5, 0.6) is 0 Å². The normalized spacial score (nSPS) is 22.2. The van der Waals surface area contributed by atoms with Gasteiger partial charge in [0.2, 0.25) is 0 Å². The molecular weight excluding hydrogens is 292 g/mol. The molecule has 0 saturated carbocycles. The van der Waals surface area contributed by atoms with E-state index in [2.05, 4.69) is 49.5 Å². The molecule has 1 aromatic carbocycles. The minimum atomic E-state index is 0.677. The Labute approximate surface area is 135 Å². The third-order valence-corrected chi connectivity index (χ3v) is 5.22. The van der Waals surface area contributed by atoms with E-state index in [1.54, 1.807) is 11.9 Å². The van der Waals surface area contributed by atoms with Gasteiger partial charge in [0.15, 0.2) is 11.7 Å². The van der Waals surface area contributed by atoms with Crippen LogP contribution in [0.1, 0.15) is 24.3 Å². The van der Waals surface area contributed by atoms with E-state index >= 15 is 0 Å². The topological polar surface area (TPSA) is 31.2 Å². The Morgan fingerprint density at radius 1 is 1.00 bits per heavy atom. The molecule has 0 atom stereocenters. The Morgan fingerprint density at radius 3 is 2.64 bits per heavy atom. The fourth-order valence-electron chi connectivity index (χ4n) is 3.33. The predicted molar refractivity (Wildman–Crippen MR) is 93.2 cm³/mol. The average Bonchev–Trinajstić information content (AvgIpc) is 2.62. The lowest BCUT2D eigenvalue weighted by Gasteiger charge is -2.38. The number of amidine groups is 2. The summed E-state index contributed by atoms with van der Waals surface area (Å²) in [6, 6.07) is 10.9. The number of fused-ring (bicyclic) bond motifs is 1. The lowest BCUT2D eigenvalue weighted by Crippen LogP contribution is -2.48. The van der Waals surface area contributed by atoms with Crippen molar-refractivity contribution >= 4 is 23.6 Å². The molecule has 0 radical (unpaired) electrons. The minimum Gasteiger partial charge on any atom is -0.353 e. The van der Waals surface area contributed by atoms with E-state index in [1.165, 1.54) is 18.4 Å². The summed E-state index contributed by atoms with van der Waals surface area (Å²) < 4.78 is 4.62. The molecule has 0 spiro atoms. The maximum atomic E-state index is 4.62. The van der Waals surface area contributed by atoms with Crippen LogP contribution in [0.15, 0.2) is 52.1 Å². The third-order valence-electron chi connectivity index (χ3n) is 4.56. The summed E-state index contributed by atoms with van der Waals surface area (Å²) in [5.41, 5.74) is 1.47. The van der Waals surface area contributed by atoms with Crippen molar-refractivity contribution in [1.29, 1.82) is 0 Å². The van der Waals surface area contributed by atoms with Gasteiger partial charge in [-0.3, -0.25) is 0 Å². The van der Waals surface area contributed by atoms with Crippen molar-refractivity contribution in [3.05, 3.63) is 48.3 Å². The molecule has 0 aliphatic carbocycles. The second kappa shape index (κ2) is 6.16. The van der Waals surface area contributed by atoms with Gasteiger partial charge in [0.25, 0.3) is 0 Å². The average molecular weight is 312 g/mol. The van der Waals surface area contributed by atoms with Gasteiger partial charge in [-0.2, -0.15) is 4.40 Å². The van der Waals surface area contributed by atoms with Crippen molar-refractivity contribution in [2.75, 3.05) is 25.4 Å². The smallest absolute Gasteiger partial charge is 0.183 e.